The minimum absolute atomic E-state index is 0.0683. The molecule has 2 heterocycles. The first-order valence-electron chi connectivity index (χ1n) is 13.2. The summed E-state index contributed by atoms with van der Waals surface area (Å²) >= 11 is 0. The number of rotatable bonds is 4. The van der Waals surface area contributed by atoms with Gasteiger partial charge in [0.1, 0.15) is 11.3 Å². The summed E-state index contributed by atoms with van der Waals surface area (Å²) in [5, 5.41) is 0.570. The maximum Gasteiger partial charge on any atom is 0.420 e. The minimum Gasteiger partial charge on any atom is -0.490 e. The number of piperidine rings is 2. The van der Waals surface area contributed by atoms with Gasteiger partial charge in [-0.05, 0) is 86.8 Å². The van der Waals surface area contributed by atoms with Gasteiger partial charge in [-0.1, -0.05) is 31.0 Å². The predicted octanol–water partition coefficient (Wildman–Crippen LogP) is 8.83. The van der Waals surface area contributed by atoms with Crippen molar-refractivity contribution in [3.63, 3.8) is 0 Å². The molecule has 2 aliphatic heterocycles. The normalized spacial score (nSPS) is 28.8. The second-order valence-electron chi connectivity index (χ2n) is 10.8. The first-order chi connectivity index (χ1) is 17.0. The van der Waals surface area contributed by atoms with E-state index in [9.17, 15) is 26.3 Å². The van der Waals surface area contributed by atoms with Gasteiger partial charge in [0.25, 0.3) is 0 Å². The van der Waals surface area contributed by atoms with E-state index in [2.05, 4.69) is 11.8 Å². The molecule has 0 radical (unpaired) electrons. The molecular formula is C28H33F6NO. The van der Waals surface area contributed by atoms with Gasteiger partial charge in [-0.15, -0.1) is 0 Å². The predicted molar refractivity (Wildman–Crippen MR) is 127 cm³/mol. The molecule has 2 nitrogen and oxygen atoms in total. The molecule has 1 atom stereocenters. The van der Waals surface area contributed by atoms with E-state index in [4.69, 9.17) is 4.74 Å². The molecule has 2 aromatic carbocycles. The van der Waals surface area contributed by atoms with E-state index >= 15 is 0 Å². The summed E-state index contributed by atoms with van der Waals surface area (Å²) in [6.45, 7) is 2.15. The van der Waals surface area contributed by atoms with Gasteiger partial charge in [0.2, 0.25) is 0 Å². The van der Waals surface area contributed by atoms with Crippen molar-refractivity contribution in [2.24, 2.45) is 5.92 Å². The van der Waals surface area contributed by atoms with Crippen LogP contribution in [0, 0.1) is 5.92 Å². The average Bonchev–Trinajstić information content (AvgIpc) is 2.81. The van der Waals surface area contributed by atoms with Crippen LogP contribution in [0.2, 0.25) is 0 Å². The lowest BCUT2D eigenvalue weighted by molar-refractivity contribution is -0.185. The summed E-state index contributed by atoms with van der Waals surface area (Å²) < 4.78 is 87.3. The summed E-state index contributed by atoms with van der Waals surface area (Å²) in [5.74, 6) is -1.70. The molecule has 198 valence electrons. The van der Waals surface area contributed by atoms with Gasteiger partial charge in [0.15, 0.2) is 0 Å². The summed E-state index contributed by atoms with van der Waals surface area (Å²) in [4.78, 5) is 2.58. The van der Waals surface area contributed by atoms with E-state index in [0.29, 0.717) is 17.5 Å². The average molecular weight is 514 g/mol. The Morgan fingerprint density at radius 1 is 0.806 bits per heavy atom. The van der Waals surface area contributed by atoms with Gasteiger partial charge >= 0.3 is 12.4 Å². The van der Waals surface area contributed by atoms with Crippen molar-refractivity contribution in [1.29, 1.82) is 0 Å². The SMILES string of the molecule is C[C@H](c1ccc2c(C(F)(F)F)c(OC3CCC(C(F)(F)F)CC3)ccc2c1)N1C2CCCC1CCC2. The Kier molecular flexibility index (Phi) is 6.94. The van der Waals surface area contributed by atoms with Crippen LogP contribution in [-0.2, 0) is 6.18 Å². The molecule has 2 saturated heterocycles. The molecule has 36 heavy (non-hydrogen) atoms. The van der Waals surface area contributed by atoms with Crippen LogP contribution in [0.15, 0.2) is 30.3 Å². The van der Waals surface area contributed by atoms with Crippen molar-refractivity contribution >= 4 is 10.8 Å². The maximum atomic E-state index is 14.2. The lowest BCUT2D eigenvalue weighted by Crippen LogP contribution is -2.50. The molecule has 3 fully saturated rings. The minimum atomic E-state index is -4.64. The molecule has 3 aliphatic rings. The number of nitrogens with zero attached hydrogens (tertiary/aromatic N) is 1. The fourth-order valence-corrected chi connectivity index (χ4v) is 6.83. The van der Waals surface area contributed by atoms with E-state index in [1.54, 1.807) is 12.1 Å². The van der Waals surface area contributed by atoms with E-state index in [0.717, 1.165) is 5.56 Å². The Morgan fingerprint density at radius 3 is 1.97 bits per heavy atom. The van der Waals surface area contributed by atoms with Crippen LogP contribution < -0.4 is 4.74 Å². The van der Waals surface area contributed by atoms with Crippen molar-refractivity contribution in [3.05, 3.63) is 41.5 Å². The van der Waals surface area contributed by atoms with E-state index < -0.39 is 29.9 Å². The summed E-state index contributed by atoms with van der Waals surface area (Å²) in [7, 11) is 0. The fraction of sp³-hybridized carbons (Fsp3) is 0.643. The zero-order valence-corrected chi connectivity index (χ0v) is 20.5. The first-order valence-corrected chi connectivity index (χ1v) is 13.2. The van der Waals surface area contributed by atoms with Crippen LogP contribution in [0.4, 0.5) is 26.3 Å². The summed E-state index contributed by atoms with van der Waals surface area (Å²) in [6, 6.07) is 9.38. The zero-order chi connectivity index (χ0) is 25.7. The molecule has 1 saturated carbocycles. The molecule has 5 rings (SSSR count). The van der Waals surface area contributed by atoms with E-state index in [-0.39, 0.29) is 42.9 Å². The Labute approximate surface area is 208 Å². The Hall–Kier alpha value is -1.96. The van der Waals surface area contributed by atoms with Crippen molar-refractivity contribution in [3.8, 4) is 5.75 Å². The zero-order valence-electron chi connectivity index (χ0n) is 20.5. The number of hydrogen-bond acceptors (Lipinski definition) is 2. The standard InChI is InChI=1S/C28H33F6NO/c1-17(35-21-4-2-5-22(35)7-3-6-21)18-8-14-24-19(16-18)9-15-25(26(24)28(32,33)34)36-23-12-10-20(11-13-23)27(29,30)31/h8-9,14-17,20-23H,2-7,10-13H2,1H3/t17-,20?,21?,22?,23?/m1/s1. The number of hydrogen-bond donors (Lipinski definition) is 0. The summed E-state index contributed by atoms with van der Waals surface area (Å²) in [5.41, 5.74) is 0.167. The quantitative estimate of drug-likeness (QED) is 0.379. The smallest absolute Gasteiger partial charge is 0.420 e. The monoisotopic (exact) mass is 513 g/mol. The summed E-state index contributed by atoms with van der Waals surface area (Å²) in [6.07, 6.45) is -2.43. The maximum absolute atomic E-state index is 14.2. The Bertz CT molecular complexity index is 1050. The number of fused-ring (bicyclic) bond motifs is 3. The lowest BCUT2D eigenvalue weighted by Gasteiger charge is -2.49. The van der Waals surface area contributed by atoms with Gasteiger partial charge < -0.3 is 4.74 Å². The highest BCUT2D eigenvalue weighted by Crippen LogP contribution is 2.45. The molecule has 0 aromatic heterocycles. The molecular weight excluding hydrogens is 480 g/mol. The Balaban J connectivity index is 1.41. The highest BCUT2D eigenvalue weighted by molar-refractivity contribution is 5.89. The van der Waals surface area contributed by atoms with Gasteiger partial charge in [-0.2, -0.15) is 26.3 Å². The molecule has 0 spiro atoms. The van der Waals surface area contributed by atoms with Crippen molar-refractivity contribution < 1.29 is 31.1 Å². The molecule has 0 N–H and O–H groups in total. The highest BCUT2D eigenvalue weighted by Gasteiger charge is 2.43. The van der Waals surface area contributed by atoms with Crippen molar-refractivity contribution in [2.45, 2.75) is 108 Å². The van der Waals surface area contributed by atoms with Crippen LogP contribution in [0.25, 0.3) is 10.8 Å². The number of ether oxygens (including phenoxy) is 1. The van der Waals surface area contributed by atoms with Crippen LogP contribution in [0.5, 0.6) is 5.75 Å². The Morgan fingerprint density at radius 2 is 1.42 bits per heavy atom. The van der Waals surface area contributed by atoms with Crippen LogP contribution in [0.3, 0.4) is 0 Å². The van der Waals surface area contributed by atoms with Gasteiger partial charge in [0.05, 0.1) is 12.0 Å². The molecule has 0 unspecified atom stereocenters. The second kappa shape index (κ2) is 9.73. The van der Waals surface area contributed by atoms with Crippen LogP contribution in [-0.4, -0.2) is 29.3 Å². The van der Waals surface area contributed by atoms with Gasteiger partial charge in [-0.25, -0.2) is 0 Å². The molecule has 2 bridgehead atoms. The topological polar surface area (TPSA) is 12.5 Å². The lowest BCUT2D eigenvalue weighted by atomic mass is 9.82. The van der Waals surface area contributed by atoms with Gasteiger partial charge in [-0.3, -0.25) is 4.90 Å². The molecule has 8 heteroatoms. The molecule has 2 aromatic rings. The number of alkyl halides is 6. The molecule has 0 amide bonds. The third-order valence-corrected chi connectivity index (χ3v) is 8.64. The van der Waals surface area contributed by atoms with Crippen molar-refractivity contribution in [1.82, 2.24) is 4.90 Å². The highest BCUT2D eigenvalue weighted by atomic mass is 19.4. The van der Waals surface area contributed by atoms with Crippen LogP contribution >= 0.6 is 0 Å². The van der Waals surface area contributed by atoms with Crippen molar-refractivity contribution in [2.75, 3.05) is 0 Å². The fourth-order valence-electron chi connectivity index (χ4n) is 6.83. The largest absolute Gasteiger partial charge is 0.490 e. The van der Waals surface area contributed by atoms with Crippen LogP contribution in [0.1, 0.15) is 88.3 Å². The molecule has 1 aliphatic carbocycles. The number of benzene rings is 2. The van der Waals surface area contributed by atoms with Gasteiger partial charge in [0, 0.05) is 18.1 Å². The second-order valence-corrected chi connectivity index (χ2v) is 10.8. The third-order valence-electron chi connectivity index (χ3n) is 8.64. The third kappa shape index (κ3) is 5.07. The van der Waals surface area contributed by atoms with E-state index in [1.807, 2.05) is 6.07 Å². The van der Waals surface area contributed by atoms with E-state index in [1.165, 1.54) is 50.7 Å². The first kappa shape index (κ1) is 25.7. The number of halogens is 6.